The van der Waals surface area contributed by atoms with E-state index in [9.17, 15) is 28.0 Å². The Morgan fingerprint density at radius 2 is 1.63 bits per heavy atom. The van der Waals surface area contributed by atoms with Crippen LogP contribution in [0.1, 0.15) is 56.7 Å². The molecule has 1 heterocycles. The van der Waals surface area contributed by atoms with E-state index in [0.717, 1.165) is 28.3 Å². The Balaban J connectivity index is 1.44. The van der Waals surface area contributed by atoms with E-state index in [0.29, 0.717) is 22.6 Å². The molecular formula is C37H30F3N3O3. The van der Waals surface area contributed by atoms with Gasteiger partial charge in [0.25, 0.3) is 11.5 Å². The third-order valence-corrected chi connectivity index (χ3v) is 7.67. The predicted octanol–water partition coefficient (Wildman–Crippen LogP) is 8.35. The number of aryl methyl sites for hydroxylation is 2. The second-order valence-electron chi connectivity index (χ2n) is 11.0. The Labute approximate surface area is 264 Å². The van der Waals surface area contributed by atoms with Crippen molar-refractivity contribution >= 4 is 5.91 Å². The number of pyridine rings is 1. The number of hydrogen-bond acceptors (Lipinski definition) is 4. The molecule has 6 nitrogen and oxygen atoms in total. The molecule has 9 heteroatoms. The lowest BCUT2D eigenvalue weighted by molar-refractivity contribution is -0.137. The summed E-state index contributed by atoms with van der Waals surface area (Å²) in [5, 5.41) is 12.5. The molecule has 1 amide bonds. The van der Waals surface area contributed by atoms with Crippen LogP contribution in [0.5, 0.6) is 11.5 Å². The lowest BCUT2D eigenvalue weighted by Crippen LogP contribution is -2.29. The molecule has 0 aliphatic heterocycles. The molecule has 0 bridgehead atoms. The minimum absolute atomic E-state index is 0.00838. The standard InChI is InChI=1S/C37H30F3N3O3/c1-23-12-13-29(24(2)18-23)22-43-34(20-33(37(38,39)40)32(21-41)36(43)45)27-14-16-30(17-15-27)46-31-11-7-10-28(19-31)35(44)42-25(3)26-8-5-4-6-9-26/h4-20,25H,22H2,1-3H3,(H,42,44)/t25-/m0/s1. The van der Waals surface area contributed by atoms with Gasteiger partial charge in [-0.05, 0) is 91.6 Å². The van der Waals surface area contributed by atoms with Gasteiger partial charge in [-0.2, -0.15) is 18.4 Å². The minimum atomic E-state index is -4.91. The number of aromatic nitrogens is 1. The summed E-state index contributed by atoms with van der Waals surface area (Å²) in [5.41, 5.74) is 1.03. The van der Waals surface area contributed by atoms with Crippen molar-refractivity contribution in [1.82, 2.24) is 9.88 Å². The molecule has 46 heavy (non-hydrogen) atoms. The molecule has 4 aromatic carbocycles. The fraction of sp³-hybridized carbons (Fsp3) is 0.162. The van der Waals surface area contributed by atoms with E-state index in [4.69, 9.17) is 4.74 Å². The fourth-order valence-electron chi connectivity index (χ4n) is 5.20. The smallest absolute Gasteiger partial charge is 0.417 e. The van der Waals surface area contributed by atoms with Crippen molar-refractivity contribution in [1.29, 1.82) is 5.26 Å². The van der Waals surface area contributed by atoms with Crippen LogP contribution >= 0.6 is 0 Å². The molecule has 0 unspecified atom stereocenters. The Morgan fingerprint density at radius 1 is 0.913 bits per heavy atom. The molecule has 0 spiro atoms. The zero-order valence-electron chi connectivity index (χ0n) is 25.4. The number of nitrogens with one attached hydrogen (secondary N) is 1. The summed E-state index contributed by atoms with van der Waals surface area (Å²) in [6, 6.07) is 30.1. The van der Waals surface area contributed by atoms with Crippen LogP contribution in [0.25, 0.3) is 11.3 Å². The van der Waals surface area contributed by atoms with Gasteiger partial charge >= 0.3 is 6.18 Å². The molecule has 1 aromatic heterocycles. The van der Waals surface area contributed by atoms with E-state index in [1.807, 2.05) is 69.3 Å². The topological polar surface area (TPSA) is 84.1 Å². The number of rotatable bonds is 8. The Bertz CT molecular complexity index is 1990. The SMILES string of the molecule is Cc1ccc(Cn2c(-c3ccc(Oc4cccc(C(=O)N[C@@H](C)c5ccccc5)c4)cc3)cc(C(F)(F)F)c(C#N)c2=O)c(C)c1. The van der Waals surface area contributed by atoms with Gasteiger partial charge in [-0.15, -0.1) is 0 Å². The number of carbonyl (C=O) groups is 1. The third-order valence-electron chi connectivity index (χ3n) is 7.67. The van der Waals surface area contributed by atoms with Crippen LogP contribution in [0.2, 0.25) is 0 Å². The van der Waals surface area contributed by atoms with Gasteiger partial charge in [0.1, 0.15) is 23.1 Å². The number of carbonyl (C=O) groups excluding carboxylic acids is 1. The van der Waals surface area contributed by atoms with Gasteiger partial charge in [-0.3, -0.25) is 9.59 Å². The van der Waals surface area contributed by atoms with Crippen molar-refractivity contribution in [2.24, 2.45) is 0 Å². The van der Waals surface area contributed by atoms with Crippen molar-refractivity contribution < 1.29 is 22.7 Å². The quantitative estimate of drug-likeness (QED) is 0.189. The zero-order valence-corrected chi connectivity index (χ0v) is 25.4. The first-order chi connectivity index (χ1) is 21.9. The first-order valence-corrected chi connectivity index (χ1v) is 14.5. The molecule has 0 fully saturated rings. The van der Waals surface area contributed by atoms with Crippen LogP contribution in [-0.2, 0) is 12.7 Å². The maximum atomic E-state index is 14.0. The van der Waals surface area contributed by atoms with Crippen LogP contribution in [-0.4, -0.2) is 10.5 Å². The number of alkyl halides is 3. The summed E-state index contributed by atoms with van der Waals surface area (Å²) in [5.74, 6) is 0.476. The van der Waals surface area contributed by atoms with Crippen LogP contribution in [0, 0.1) is 25.2 Å². The summed E-state index contributed by atoms with van der Waals surface area (Å²) < 4.78 is 49.1. The van der Waals surface area contributed by atoms with Gasteiger partial charge in [0, 0.05) is 5.56 Å². The lowest BCUT2D eigenvalue weighted by atomic mass is 10.0. The van der Waals surface area contributed by atoms with Crippen LogP contribution in [0.15, 0.2) is 108 Å². The summed E-state index contributed by atoms with van der Waals surface area (Å²) in [6.07, 6.45) is -4.91. The average molecular weight is 622 g/mol. The molecule has 232 valence electrons. The lowest BCUT2D eigenvalue weighted by Gasteiger charge is -2.19. The molecule has 5 rings (SSSR count). The largest absolute Gasteiger partial charge is 0.457 e. The summed E-state index contributed by atoms with van der Waals surface area (Å²) in [7, 11) is 0. The molecule has 0 aliphatic rings. The Morgan fingerprint density at radius 3 is 2.28 bits per heavy atom. The van der Waals surface area contributed by atoms with E-state index >= 15 is 0 Å². The average Bonchev–Trinajstić information content (AvgIpc) is 3.03. The van der Waals surface area contributed by atoms with E-state index in [-0.39, 0.29) is 24.2 Å². The molecule has 5 aromatic rings. The maximum absolute atomic E-state index is 14.0. The molecule has 0 aliphatic carbocycles. The highest BCUT2D eigenvalue weighted by molar-refractivity contribution is 5.94. The zero-order chi connectivity index (χ0) is 33.0. The van der Waals surface area contributed by atoms with Crippen molar-refractivity contribution in [3.8, 4) is 28.8 Å². The van der Waals surface area contributed by atoms with Crippen molar-refractivity contribution in [2.45, 2.75) is 39.5 Å². The molecule has 1 atom stereocenters. The molecule has 0 saturated heterocycles. The summed E-state index contributed by atoms with van der Waals surface area (Å²) >= 11 is 0. The van der Waals surface area contributed by atoms with Crippen LogP contribution in [0.4, 0.5) is 13.2 Å². The Hall–Kier alpha value is -5.62. The van der Waals surface area contributed by atoms with Gasteiger partial charge in [0.2, 0.25) is 0 Å². The van der Waals surface area contributed by atoms with Crippen LogP contribution in [0.3, 0.4) is 0 Å². The highest BCUT2D eigenvalue weighted by Gasteiger charge is 2.36. The first kappa shape index (κ1) is 31.8. The molecule has 0 radical (unpaired) electrons. The second-order valence-corrected chi connectivity index (χ2v) is 11.0. The van der Waals surface area contributed by atoms with Gasteiger partial charge in [0.05, 0.1) is 23.8 Å². The predicted molar refractivity (Wildman–Crippen MR) is 170 cm³/mol. The highest BCUT2D eigenvalue weighted by atomic mass is 19.4. The van der Waals surface area contributed by atoms with Crippen molar-refractivity contribution in [3.63, 3.8) is 0 Å². The molecule has 0 saturated carbocycles. The highest BCUT2D eigenvalue weighted by Crippen LogP contribution is 2.35. The van der Waals surface area contributed by atoms with E-state index in [1.165, 1.54) is 10.6 Å². The minimum Gasteiger partial charge on any atom is -0.457 e. The Kier molecular flexibility index (Phi) is 9.10. The van der Waals surface area contributed by atoms with Gasteiger partial charge in [0.15, 0.2) is 0 Å². The van der Waals surface area contributed by atoms with Gasteiger partial charge in [-0.1, -0.05) is 60.2 Å². The number of nitrogens with zero attached hydrogens (tertiary/aromatic N) is 2. The second kappa shape index (κ2) is 13.2. The first-order valence-electron chi connectivity index (χ1n) is 14.5. The fourth-order valence-corrected chi connectivity index (χ4v) is 5.20. The molecular weight excluding hydrogens is 591 g/mol. The van der Waals surface area contributed by atoms with Crippen molar-refractivity contribution in [2.75, 3.05) is 0 Å². The number of ether oxygens (including phenoxy) is 1. The number of amides is 1. The van der Waals surface area contributed by atoms with E-state index < -0.39 is 22.9 Å². The number of benzene rings is 4. The summed E-state index contributed by atoms with van der Waals surface area (Å²) in [6.45, 7) is 5.64. The van der Waals surface area contributed by atoms with E-state index in [1.54, 1.807) is 48.5 Å². The third kappa shape index (κ3) is 7.02. The normalized spacial score (nSPS) is 11.8. The van der Waals surface area contributed by atoms with Gasteiger partial charge in [-0.25, -0.2) is 0 Å². The maximum Gasteiger partial charge on any atom is 0.417 e. The van der Waals surface area contributed by atoms with Gasteiger partial charge < -0.3 is 14.6 Å². The number of nitriles is 1. The monoisotopic (exact) mass is 621 g/mol. The van der Waals surface area contributed by atoms with Crippen molar-refractivity contribution in [3.05, 3.63) is 152 Å². The van der Waals surface area contributed by atoms with E-state index in [2.05, 4.69) is 5.32 Å². The van der Waals surface area contributed by atoms with Crippen LogP contribution < -0.4 is 15.6 Å². The molecule has 1 N–H and O–H groups in total. The number of hydrogen-bond donors (Lipinski definition) is 1. The summed E-state index contributed by atoms with van der Waals surface area (Å²) in [4.78, 5) is 26.3. The number of halogens is 3.